The van der Waals surface area contributed by atoms with Crippen molar-refractivity contribution >= 4 is 33.2 Å². The minimum atomic E-state index is -3.24. The van der Waals surface area contributed by atoms with Crippen LogP contribution in [-0.2, 0) is 27.8 Å². The maximum atomic E-state index is 12.4. The molecule has 2 aromatic rings. The Hall–Kier alpha value is -2.09. The number of rotatable bonds is 7. The van der Waals surface area contributed by atoms with E-state index in [-0.39, 0.29) is 18.3 Å². The molecule has 3 rings (SSSR count). The average molecular weight is 451 g/mol. The number of hydrogen-bond acceptors (Lipinski definition) is 4. The van der Waals surface area contributed by atoms with Gasteiger partial charge in [0.25, 0.3) is 5.91 Å². The number of carbonyl (C=O) groups is 1. The molecule has 1 heterocycles. The van der Waals surface area contributed by atoms with Gasteiger partial charge in [-0.05, 0) is 73.2 Å². The number of anilines is 1. The van der Waals surface area contributed by atoms with E-state index in [2.05, 4.69) is 5.32 Å². The summed E-state index contributed by atoms with van der Waals surface area (Å²) in [5.41, 5.74) is 4.44. The monoisotopic (exact) mass is 450 g/mol. The van der Waals surface area contributed by atoms with Gasteiger partial charge in [0.15, 0.2) is 6.61 Å². The van der Waals surface area contributed by atoms with Crippen molar-refractivity contribution < 1.29 is 17.9 Å². The van der Waals surface area contributed by atoms with Gasteiger partial charge >= 0.3 is 0 Å². The van der Waals surface area contributed by atoms with E-state index in [1.807, 2.05) is 39.0 Å². The lowest BCUT2D eigenvalue weighted by molar-refractivity contribution is -0.118. The second-order valence-electron chi connectivity index (χ2n) is 7.59. The molecule has 0 fully saturated rings. The van der Waals surface area contributed by atoms with Crippen LogP contribution in [0, 0.1) is 13.8 Å². The zero-order valence-corrected chi connectivity index (χ0v) is 19.1. The first-order valence-electron chi connectivity index (χ1n) is 9.98. The Balaban J connectivity index is 1.63. The van der Waals surface area contributed by atoms with Gasteiger partial charge in [-0.3, -0.25) is 4.79 Å². The zero-order valence-electron chi connectivity index (χ0n) is 17.5. The summed E-state index contributed by atoms with van der Waals surface area (Å²) in [6.07, 6.45) is 1.26. The Labute approximate surface area is 183 Å². The Morgan fingerprint density at radius 1 is 1.17 bits per heavy atom. The van der Waals surface area contributed by atoms with Crippen molar-refractivity contribution in [2.24, 2.45) is 0 Å². The minimum Gasteiger partial charge on any atom is -0.484 e. The summed E-state index contributed by atoms with van der Waals surface area (Å²) in [6.45, 7) is 6.33. The first-order chi connectivity index (χ1) is 14.2. The summed E-state index contributed by atoms with van der Waals surface area (Å²) in [5.74, 6) is 0.456. The highest BCUT2D eigenvalue weighted by molar-refractivity contribution is 7.89. The van der Waals surface area contributed by atoms with E-state index >= 15 is 0 Å². The molecule has 0 saturated heterocycles. The van der Waals surface area contributed by atoms with Crippen LogP contribution < -0.4 is 10.1 Å². The molecule has 8 heteroatoms. The van der Waals surface area contributed by atoms with Gasteiger partial charge in [-0.25, -0.2) is 8.42 Å². The van der Waals surface area contributed by atoms with Gasteiger partial charge in [0.05, 0.1) is 5.75 Å². The van der Waals surface area contributed by atoms with E-state index < -0.39 is 10.0 Å². The zero-order chi connectivity index (χ0) is 21.9. The van der Waals surface area contributed by atoms with Gasteiger partial charge in [0.1, 0.15) is 5.75 Å². The minimum absolute atomic E-state index is 0.130. The summed E-state index contributed by atoms with van der Waals surface area (Å²) < 4.78 is 31.9. The van der Waals surface area contributed by atoms with Gasteiger partial charge in [0, 0.05) is 23.8 Å². The summed E-state index contributed by atoms with van der Waals surface area (Å²) in [6, 6.07) is 9.22. The standard InChI is InChI=1S/C22H27ClN2O4S/c1-4-9-30(27,28)25-8-7-17-5-6-19(12-18(17)13-25)24-21(26)14-29-20-10-15(2)22(23)16(3)11-20/h5-6,10-12H,4,7-9,13-14H2,1-3H3,(H,24,26). The number of sulfonamides is 1. The van der Waals surface area contributed by atoms with Gasteiger partial charge in [0.2, 0.25) is 10.0 Å². The highest BCUT2D eigenvalue weighted by atomic mass is 35.5. The van der Waals surface area contributed by atoms with Crippen LogP contribution in [0.4, 0.5) is 5.69 Å². The second kappa shape index (κ2) is 9.37. The molecule has 1 amide bonds. The number of carbonyl (C=O) groups excluding carboxylic acids is 1. The van der Waals surface area contributed by atoms with E-state index in [9.17, 15) is 13.2 Å². The first kappa shape index (κ1) is 22.6. The maximum absolute atomic E-state index is 12.4. The smallest absolute Gasteiger partial charge is 0.262 e. The molecule has 30 heavy (non-hydrogen) atoms. The van der Waals surface area contributed by atoms with Crippen molar-refractivity contribution in [2.45, 2.75) is 40.2 Å². The number of ether oxygens (including phenoxy) is 1. The predicted molar refractivity (Wildman–Crippen MR) is 120 cm³/mol. The van der Waals surface area contributed by atoms with Gasteiger partial charge in [-0.15, -0.1) is 0 Å². The average Bonchev–Trinajstić information content (AvgIpc) is 2.69. The summed E-state index contributed by atoms with van der Waals surface area (Å²) >= 11 is 6.16. The molecule has 0 spiro atoms. The largest absolute Gasteiger partial charge is 0.484 e. The van der Waals surface area contributed by atoms with Crippen molar-refractivity contribution in [3.63, 3.8) is 0 Å². The topological polar surface area (TPSA) is 75.7 Å². The van der Waals surface area contributed by atoms with Crippen LogP contribution in [0.25, 0.3) is 0 Å². The summed E-state index contributed by atoms with van der Waals surface area (Å²) in [7, 11) is -3.24. The lowest BCUT2D eigenvalue weighted by Crippen LogP contribution is -2.37. The molecular formula is C22H27ClN2O4S. The molecule has 2 aromatic carbocycles. The molecule has 0 saturated carbocycles. The Morgan fingerprint density at radius 2 is 1.87 bits per heavy atom. The molecule has 0 aliphatic carbocycles. The fraction of sp³-hybridized carbons (Fsp3) is 0.409. The van der Waals surface area contributed by atoms with Gasteiger partial charge < -0.3 is 10.1 Å². The molecule has 1 N–H and O–H groups in total. The lowest BCUT2D eigenvalue weighted by atomic mass is 10.0. The Morgan fingerprint density at radius 3 is 2.53 bits per heavy atom. The fourth-order valence-electron chi connectivity index (χ4n) is 3.57. The fourth-order valence-corrected chi connectivity index (χ4v) is 5.16. The predicted octanol–water partition coefficient (Wildman–Crippen LogP) is 4.07. The van der Waals surface area contributed by atoms with Crippen molar-refractivity contribution in [1.29, 1.82) is 0 Å². The molecule has 0 bridgehead atoms. The van der Waals surface area contributed by atoms with Crippen LogP contribution in [0.3, 0.4) is 0 Å². The molecule has 0 unspecified atom stereocenters. The van der Waals surface area contributed by atoms with Crippen LogP contribution in [0.15, 0.2) is 30.3 Å². The van der Waals surface area contributed by atoms with E-state index in [0.29, 0.717) is 42.4 Å². The van der Waals surface area contributed by atoms with Crippen LogP contribution in [-0.4, -0.2) is 37.5 Å². The molecule has 1 aliphatic heterocycles. The number of nitrogens with one attached hydrogen (secondary N) is 1. The third-order valence-corrected chi connectivity index (χ3v) is 7.72. The number of hydrogen-bond donors (Lipinski definition) is 1. The van der Waals surface area contributed by atoms with Crippen LogP contribution in [0.1, 0.15) is 35.6 Å². The van der Waals surface area contributed by atoms with Crippen LogP contribution in [0.2, 0.25) is 5.02 Å². The quantitative estimate of drug-likeness (QED) is 0.689. The molecule has 0 atom stereocenters. The Kier molecular flexibility index (Phi) is 7.06. The van der Waals surface area contributed by atoms with Crippen LogP contribution in [0.5, 0.6) is 5.75 Å². The first-order valence-corrected chi connectivity index (χ1v) is 12.0. The summed E-state index contributed by atoms with van der Waals surface area (Å²) in [5, 5.41) is 3.51. The van der Waals surface area contributed by atoms with Gasteiger partial charge in [-0.2, -0.15) is 4.31 Å². The van der Waals surface area contributed by atoms with Crippen molar-refractivity contribution in [2.75, 3.05) is 24.2 Å². The van der Waals surface area contributed by atoms with Crippen molar-refractivity contribution in [3.05, 3.63) is 57.6 Å². The van der Waals surface area contributed by atoms with E-state index in [1.54, 1.807) is 12.1 Å². The normalized spacial score (nSPS) is 14.3. The number of halogens is 1. The molecule has 0 aromatic heterocycles. The SMILES string of the molecule is CCCS(=O)(=O)N1CCc2ccc(NC(=O)COc3cc(C)c(Cl)c(C)c3)cc2C1. The number of fused-ring (bicyclic) bond motifs is 1. The molecule has 0 radical (unpaired) electrons. The number of benzene rings is 2. The number of aryl methyl sites for hydroxylation is 2. The van der Waals surface area contributed by atoms with E-state index in [1.165, 1.54) is 4.31 Å². The highest BCUT2D eigenvalue weighted by Crippen LogP contribution is 2.27. The third kappa shape index (κ3) is 5.33. The van der Waals surface area contributed by atoms with E-state index in [0.717, 1.165) is 22.3 Å². The van der Waals surface area contributed by atoms with Crippen molar-refractivity contribution in [1.82, 2.24) is 4.31 Å². The molecule has 1 aliphatic rings. The Bertz CT molecular complexity index is 1030. The summed E-state index contributed by atoms with van der Waals surface area (Å²) in [4.78, 5) is 12.3. The molecular weight excluding hydrogens is 424 g/mol. The number of amides is 1. The van der Waals surface area contributed by atoms with Gasteiger partial charge in [-0.1, -0.05) is 24.6 Å². The van der Waals surface area contributed by atoms with Crippen molar-refractivity contribution in [3.8, 4) is 5.75 Å². The third-order valence-electron chi connectivity index (χ3n) is 5.10. The van der Waals surface area contributed by atoms with Crippen LogP contribution >= 0.6 is 11.6 Å². The molecule has 162 valence electrons. The number of nitrogens with zero attached hydrogens (tertiary/aromatic N) is 1. The van der Waals surface area contributed by atoms with E-state index in [4.69, 9.17) is 16.3 Å². The second-order valence-corrected chi connectivity index (χ2v) is 10.1. The highest BCUT2D eigenvalue weighted by Gasteiger charge is 2.26. The maximum Gasteiger partial charge on any atom is 0.262 e. The lowest BCUT2D eigenvalue weighted by Gasteiger charge is -2.28. The molecule has 6 nitrogen and oxygen atoms in total.